The number of terminal acetylenes is 1. The molecular weight excluding hydrogens is 212 g/mol. The van der Waals surface area contributed by atoms with Gasteiger partial charge < -0.3 is 4.74 Å². The van der Waals surface area contributed by atoms with Gasteiger partial charge in [0.15, 0.2) is 0 Å². The van der Waals surface area contributed by atoms with Gasteiger partial charge in [-0.05, 0) is 27.7 Å². The van der Waals surface area contributed by atoms with E-state index in [1.54, 1.807) is 7.11 Å². The molecule has 17 heavy (non-hydrogen) atoms. The van der Waals surface area contributed by atoms with Crippen molar-refractivity contribution >= 4 is 0 Å². The first-order valence-corrected chi connectivity index (χ1v) is 6.40. The Kier molecular flexibility index (Phi) is 5.00. The van der Waals surface area contributed by atoms with E-state index in [9.17, 15) is 0 Å². The van der Waals surface area contributed by atoms with Crippen LogP contribution in [-0.2, 0) is 4.74 Å². The Morgan fingerprint density at radius 2 is 1.82 bits per heavy atom. The molecule has 0 aromatic rings. The number of nitrogens with zero attached hydrogens (tertiary/aromatic N) is 2. The van der Waals surface area contributed by atoms with Crippen LogP contribution >= 0.6 is 0 Å². The van der Waals surface area contributed by atoms with E-state index in [0.717, 1.165) is 26.2 Å². The average Bonchev–Trinajstić information content (AvgIpc) is 2.28. The van der Waals surface area contributed by atoms with E-state index < -0.39 is 0 Å². The fourth-order valence-corrected chi connectivity index (χ4v) is 2.54. The summed E-state index contributed by atoms with van der Waals surface area (Å²) in [5.74, 6) is 2.89. The summed E-state index contributed by atoms with van der Waals surface area (Å²) in [6.45, 7) is 12.7. The SMILES string of the molecule is C#CC(C)(C)N1C[C@@H](C)N(CCOC)[C@@H](C)C1. The first-order valence-electron chi connectivity index (χ1n) is 6.40. The van der Waals surface area contributed by atoms with Crippen LogP contribution in [0.3, 0.4) is 0 Å². The lowest BCUT2D eigenvalue weighted by Crippen LogP contribution is -2.61. The smallest absolute Gasteiger partial charge is 0.0767 e. The van der Waals surface area contributed by atoms with E-state index in [1.807, 2.05) is 0 Å². The van der Waals surface area contributed by atoms with E-state index >= 15 is 0 Å². The Labute approximate surface area is 106 Å². The molecule has 1 heterocycles. The molecule has 0 radical (unpaired) electrons. The monoisotopic (exact) mass is 238 g/mol. The van der Waals surface area contributed by atoms with Crippen LogP contribution in [-0.4, -0.2) is 60.8 Å². The third-order valence-corrected chi connectivity index (χ3v) is 3.80. The summed E-state index contributed by atoms with van der Waals surface area (Å²) >= 11 is 0. The minimum absolute atomic E-state index is 0.143. The second-order valence-corrected chi connectivity index (χ2v) is 5.54. The van der Waals surface area contributed by atoms with Gasteiger partial charge in [-0.15, -0.1) is 6.42 Å². The van der Waals surface area contributed by atoms with Gasteiger partial charge in [0.05, 0.1) is 12.1 Å². The lowest BCUT2D eigenvalue weighted by Gasteiger charge is -2.48. The molecule has 0 saturated carbocycles. The lowest BCUT2D eigenvalue weighted by molar-refractivity contribution is -0.00516. The van der Waals surface area contributed by atoms with Crippen molar-refractivity contribution in [2.75, 3.05) is 33.4 Å². The molecule has 0 aromatic carbocycles. The van der Waals surface area contributed by atoms with Crippen molar-refractivity contribution in [3.8, 4) is 12.3 Å². The maximum absolute atomic E-state index is 5.62. The zero-order chi connectivity index (χ0) is 13.1. The molecule has 1 saturated heterocycles. The van der Waals surface area contributed by atoms with Crippen LogP contribution in [0.4, 0.5) is 0 Å². The zero-order valence-electron chi connectivity index (χ0n) is 11.9. The summed E-state index contributed by atoms with van der Waals surface area (Å²) in [7, 11) is 1.76. The maximum Gasteiger partial charge on any atom is 0.0767 e. The van der Waals surface area contributed by atoms with E-state index in [4.69, 9.17) is 11.2 Å². The molecule has 0 N–H and O–H groups in total. The summed E-state index contributed by atoms with van der Waals surface area (Å²) in [5.41, 5.74) is -0.143. The fraction of sp³-hybridized carbons (Fsp3) is 0.857. The maximum atomic E-state index is 5.62. The number of methoxy groups -OCH3 is 1. The molecule has 0 aromatic heterocycles. The summed E-state index contributed by atoms with van der Waals surface area (Å²) in [5, 5.41) is 0. The standard InChI is InChI=1S/C14H26N2O/c1-7-14(4,5)15-10-12(2)16(8-9-17-6)13(3)11-15/h1,12-13H,8-11H2,2-6H3/t12-,13+. The van der Waals surface area contributed by atoms with Crippen LogP contribution in [0.25, 0.3) is 0 Å². The van der Waals surface area contributed by atoms with Crippen molar-refractivity contribution in [1.29, 1.82) is 0 Å². The van der Waals surface area contributed by atoms with Crippen LogP contribution in [0.2, 0.25) is 0 Å². The van der Waals surface area contributed by atoms with Gasteiger partial charge >= 0.3 is 0 Å². The van der Waals surface area contributed by atoms with Crippen LogP contribution in [0.15, 0.2) is 0 Å². The van der Waals surface area contributed by atoms with Gasteiger partial charge in [-0.3, -0.25) is 9.80 Å². The van der Waals surface area contributed by atoms with Gasteiger partial charge in [0.2, 0.25) is 0 Å². The van der Waals surface area contributed by atoms with Gasteiger partial charge in [0.25, 0.3) is 0 Å². The molecule has 0 aliphatic carbocycles. The topological polar surface area (TPSA) is 15.7 Å². The molecule has 2 atom stereocenters. The fourth-order valence-electron chi connectivity index (χ4n) is 2.54. The van der Waals surface area contributed by atoms with E-state index in [1.165, 1.54) is 0 Å². The second-order valence-electron chi connectivity index (χ2n) is 5.54. The van der Waals surface area contributed by atoms with Gasteiger partial charge in [0.1, 0.15) is 0 Å². The number of hydrogen-bond donors (Lipinski definition) is 0. The zero-order valence-corrected chi connectivity index (χ0v) is 11.9. The highest BCUT2D eigenvalue weighted by molar-refractivity contribution is 5.10. The molecule has 0 unspecified atom stereocenters. The molecular formula is C14H26N2O. The summed E-state index contributed by atoms with van der Waals surface area (Å²) in [6.07, 6.45) is 5.62. The molecule has 98 valence electrons. The number of piperazine rings is 1. The second kappa shape index (κ2) is 5.86. The van der Waals surface area contributed by atoms with Crippen LogP contribution in [0, 0.1) is 12.3 Å². The lowest BCUT2D eigenvalue weighted by atomic mass is 9.98. The molecule has 0 amide bonds. The number of hydrogen-bond acceptors (Lipinski definition) is 3. The highest BCUT2D eigenvalue weighted by atomic mass is 16.5. The average molecular weight is 238 g/mol. The highest BCUT2D eigenvalue weighted by Crippen LogP contribution is 2.22. The number of ether oxygens (including phenoxy) is 1. The van der Waals surface area contributed by atoms with E-state index in [0.29, 0.717) is 12.1 Å². The van der Waals surface area contributed by atoms with Crippen LogP contribution in [0.1, 0.15) is 27.7 Å². The van der Waals surface area contributed by atoms with Gasteiger partial charge in [-0.25, -0.2) is 0 Å². The van der Waals surface area contributed by atoms with Crippen molar-refractivity contribution in [2.45, 2.75) is 45.3 Å². The van der Waals surface area contributed by atoms with E-state index in [-0.39, 0.29) is 5.54 Å². The molecule has 0 spiro atoms. The summed E-state index contributed by atoms with van der Waals surface area (Å²) in [6, 6.07) is 1.06. The molecule has 3 nitrogen and oxygen atoms in total. The van der Waals surface area contributed by atoms with Crippen LogP contribution < -0.4 is 0 Å². The molecule has 0 bridgehead atoms. The third kappa shape index (κ3) is 3.45. The molecule has 1 rings (SSSR count). The predicted octanol–water partition coefficient (Wildman–Crippen LogP) is 1.44. The van der Waals surface area contributed by atoms with Gasteiger partial charge in [0, 0.05) is 38.8 Å². The van der Waals surface area contributed by atoms with Gasteiger partial charge in [-0.2, -0.15) is 0 Å². The van der Waals surface area contributed by atoms with Crippen molar-refractivity contribution < 1.29 is 4.74 Å². The quantitative estimate of drug-likeness (QED) is 0.689. The van der Waals surface area contributed by atoms with Crippen molar-refractivity contribution in [3.05, 3.63) is 0 Å². The highest BCUT2D eigenvalue weighted by Gasteiger charge is 2.35. The minimum atomic E-state index is -0.143. The van der Waals surface area contributed by atoms with Crippen LogP contribution in [0.5, 0.6) is 0 Å². The normalized spacial score (nSPS) is 28.0. The van der Waals surface area contributed by atoms with Crippen molar-refractivity contribution in [2.24, 2.45) is 0 Å². The number of rotatable bonds is 4. The first-order chi connectivity index (χ1) is 7.92. The Bertz CT molecular complexity index is 270. The Balaban J connectivity index is 2.64. The summed E-state index contributed by atoms with van der Waals surface area (Å²) in [4.78, 5) is 4.91. The molecule has 1 fully saturated rings. The molecule has 3 heteroatoms. The molecule has 1 aliphatic heterocycles. The van der Waals surface area contributed by atoms with Crippen molar-refractivity contribution in [1.82, 2.24) is 9.80 Å². The van der Waals surface area contributed by atoms with Crippen molar-refractivity contribution in [3.63, 3.8) is 0 Å². The minimum Gasteiger partial charge on any atom is -0.383 e. The largest absolute Gasteiger partial charge is 0.383 e. The summed E-state index contributed by atoms with van der Waals surface area (Å²) < 4.78 is 5.17. The van der Waals surface area contributed by atoms with E-state index in [2.05, 4.69) is 43.4 Å². The Morgan fingerprint density at radius 3 is 2.24 bits per heavy atom. The molecule has 1 aliphatic rings. The predicted molar refractivity (Wildman–Crippen MR) is 72.0 cm³/mol. The van der Waals surface area contributed by atoms with Gasteiger partial charge in [-0.1, -0.05) is 5.92 Å². The Hall–Kier alpha value is -0.560. The third-order valence-electron chi connectivity index (χ3n) is 3.80. The Morgan fingerprint density at radius 1 is 1.29 bits per heavy atom. The first kappa shape index (κ1) is 14.5.